The molecule has 0 aromatic heterocycles. The maximum atomic E-state index is 13.5. The fourth-order valence-corrected chi connectivity index (χ4v) is 6.20. The number of carbonyl (C=O) groups is 2. The number of benzene rings is 3. The number of fused-ring (bicyclic) bond motifs is 1. The Bertz CT molecular complexity index is 1410. The molecule has 0 saturated carbocycles. The van der Waals surface area contributed by atoms with Crippen molar-refractivity contribution >= 4 is 38.5 Å². The number of piperidine rings is 1. The summed E-state index contributed by atoms with van der Waals surface area (Å²) in [6, 6.07) is 16.7. The number of nitrogens with zero attached hydrogens (tertiary/aromatic N) is 1. The van der Waals surface area contributed by atoms with E-state index in [4.69, 9.17) is 4.74 Å². The molecule has 2 atom stereocenters. The third kappa shape index (κ3) is 5.76. The number of anilines is 1. The molecule has 10 heteroatoms. The molecule has 0 spiro atoms. The number of aliphatic hydroxyl groups excluding tert-OH is 1. The van der Waals surface area contributed by atoms with Crippen molar-refractivity contribution in [1.82, 2.24) is 9.62 Å². The topological polar surface area (TPSA) is 125 Å². The molecule has 37 heavy (non-hydrogen) atoms. The maximum absolute atomic E-state index is 13.5. The molecule has 196 valence electrons. The monoisotopic (exact) mass is 525 g/mol. The van der Waals surface area contributed by atoms with E-state index in [9.17, 15) is 23.1 Å². The van der Waals surface area contributed by atoms with Gasteiger partial charge in [0.1, 0.15) is 0 Å². The number of carbonyl (C=O) groups excluding carboxylic acids is 2. The van der Waals surface area contributed by atoms with Gasteiger partial charge in [-0.1, -0.05) is 42.5 Å². The Balaban J connectivity index is 1.59. The number of likely N-dealkylation sites (tertiary alicyclic amines) is 1. The number of hydrogen-bond acceptors (Lipinski definition) is 6. The van der Waals surface area contributed by atoms with Crippen LogP contribution in [-0.2, 0) is 14.8 Å². The molecule has 3 N–H and O–H groups in total. The van der Waals surface area contributed by atoms with E-state index in [-0.39, 0.29) is 30.6 Å². The van der Waals surface area contributed by atoms with Crippen LogP contribution in [0.1, 0.15) is 29.3 Å². The molecule has 1 aliphatic rings. The fraction of sp³-hybridized carbons (Fsp3) is 0.333. The lowest BCUT2D eigenvalue weighted by Gasteiger charge is -2.37. The molecule has 1 heterocycles. The lowest BCUT2D eigenvalue weighted by molar-refractivity contribution is 0.0666. The molecule has 2 amide bonds. The molecule has 0 bridgehead atoms. The van der Waals surface area contributed by atoms with Gasteiger partial charge in [-0.05, 0) is 44.0 Å². The fourth-order valence-electron chi connectivity index (χ4n) is 4.65. The van der Waals surface area contributed by atoms with E-state index in [1.807, 2.05) is 19.1 Å². The van der Waals surface area contributed by atoms with E-state index in [1.165, 1.54) is 11.0 Å². The van der Waals surface area contributed by atoms with Crippen molar-refractivity contribution in [2.45, 2.75) is 31.2 Å². The van der Waals surface area contributed by atoms with Gasteiger partial charge >= 0.3 is 6.09 Å². The highest BCUT2D eigenvalue weighted by Gasteiger charge is 2.35. The van der Waals surface area contributed by atoms with Crippen molar-refractivity contribution in [3.63, 3.8) is 0 Å². The van der Waals surface area contributed by atoms with Crippen LogP contribution in [-0.4, -0.2) is 62.8 Å². The van der Waals surface area contributed by atoms with Gasteiger partial charge in [0.05, 0.1) is 11.5 Å². The second-order valence-corrected chi connectivity index (χ2v) is 10.7. The molecule has 0 aliphatic carbocycles. The number of aliphatic hydroxyl groups is 1. The summed E-state index contributed by atoms with van der Waals surface area (Å²) in [4.78, 5) is 26.5. The first-order valence-corrected chi connectivity index (χ1v) is 13.7. The minimum absolute atomic E-state index is 0.0708. The summed E-state index contributed by atoms with van der Waals surface area (Å²) < 4.78 is 34.8. The van der Waals surface area contributed by atoms with E-state index < -0.39 is 28.1 Å². The van der Waals surface area contributed by atoms with Crippen LogP contribution in [0.3, 0.4) is 0 Å². The van der Waals surface area contributed by atoms with Crippen LogP contribution >= 0.6 is 0 Å². The van der Waals surface area contributed by atoms with Gasteiger partial charge in [-0.25, -0.2) is 17.9 Å². The second kappa shape index (κ2) is 11.3. The van der Waals surface area contributed by atoms with Crippen molar-refractivity contribution in [2.75, 3.05) is 31.6 Å². The zero-order chi connectivity index (χ0) is 26.6. The van der Waals surface area contributed by atoms with Gasteiger partial charge in [0, 0.05) is 53.7 Å². The van der Waals surface area contributed by atoms with E-state index in [1.54, 1.807) is 49.4 Å². The number of rotatable bonds is 7. The summed E-state index contributed by atoms with van der Waals surface area (Å²) in [5.41, 5.74) is 1.87. The summed E-state index contributed by atoms with van der Waals surface area (Å²) in [6.45, 7) is 4.02. The van der Waals surface area contributed by atoms with Crippen molar-refractivity contribution in [3.05, 3.63) is 71.8 Å². The summed E-state index contributed by atoms with van der Waals surface area (Å²) in [6.07, 6.45) is -0.136. The van der Waals surface area contributed by atoms with Crippen molar-refractivity contribution in [3.8, 4) is 0 Å². The first kappa shape index (κ1) is 26.6. The molecule has 0 radical (unpaired) electrons. The first-order chi connectivity index (χ1) is 17.7. The Morgan fingerprint density at radius 2 is 1.76 bits per heavy atom. The molecule has 1 aliphatic heterocycles. The van der Waals surface area contributed by atoms with Gasteiger partial charge in [-0.15, -0.1) is 0 Å². The molecule has 9 nitrogen and oxygen atoms in total. The Labute approximate surface area is 216 Å². The average molecular weight is 526 g/mol. The van der Waals surface area contributed by atoms with Gasteiger partial charge in [-0.2, -0.15) is 0 Å². The van der Waals surface area contributed by atoms with E-state index in [0.29, 0.717) is 35.0 Å². The zero-order valence-corrected chi connectivity index (χ0v) is 21.6. The van der Waals surface area contributed by atoms with Gasteiger partial charge in [0.2, 0.25) is 10.0 Å². The highest BCUT2D eigenvalue weighted by Crippen LogP contribution is 2.31. The van der Waals surface area contributed by atoms with Crippen LogP contribution in [0.4, 0.5) is 10.5 Å². The Morgan fingerprint density at radius 3 is 2.46 bits per heavy atom. The standard InChI is InChI=1S/C27H31N3O6S/c1-3-36-27(33)30-15-14-23(19(16-30)17-31)29-37(34,35)25-13-12-24(21-10-6-7-11-22(21)25)28-26(32)20-9-5-4-8-18(20)2/h4-13,19,23,29,31H,3,14-17H2,1-2H3,(H,28,32)/t19?,23-/m0/s1. The maximum Gasteiger partial charge on any atom is 0.409 e. The van der Waals surface area contributed by atoms with Crippen LogP contribution in [0.5, 0.6) is 0 Å². The van der Waals surface area contributed by atoms with Gasteiger partial charge < -0.3 is 20.1 Å². The van der Waals surface area contributed by atoms with E-state index >= 15 is 0 Å². The average Bonchev–Trinajstić information content (AvgIpc) is 2.89. The molecule has 1 saturated heterocycles. The van der Waals surface area contributed by atoms with E-state index in [2.05, 4.69) is 10.0 Å². The lowest BCUT2D eigenvalue weighted by Crippen LogP contribution is -2.53. The van der Waals surface area contributed by atoms with Crippen molar-refractivity contribution in [2.24, 2.45) is 5.92 Å². The van der Waals surface area contributed by atoms with Crippen molar-refractivity contribution in [1.29, 1.82) is 0 Å². The lowest BCUT2D eigenvalue weighted by atomic mass is 9.94. The number of hydrogen-bond donors (Lipinski definition) is 3. The first-order valence-electron chi connectivity index (χ1n) is 12.2. The summed E-state index contributed by atoms with van der Waals surface area (Å²) in [7, 11) is -3.99. The second-order valence-electron chi connectivity index (χ2n) is 9.03. The predicted molar refractivity (Wildman–Crippen MR) is 141 cm³/mol. The van der Waals surface area contributed by atoms with Crippen LogP contribution in [0.25, 0.3) is 10.8 Å². The molecule has 1 unspecified atom stereocenters. The predicted octanol–water partition coefficient (Wildman–Crippen LogP) is 3.52. The number of sulfonamides is 1. The molecule has 3 aromatic rings. The minimum Gasteiger partial charge on any atom is -0.450 e. The van der Waals surface area contributed by atoms with Crippen LogP contribution in [0.2, 0.25) is 0 Å². The van der Waals surface area contributed by atoms with Crippen LogP contribution in [0, 0.1) is 12.8 Å². The molecule has 3 aromatic carbocycles. The summed E-state index contributed by atoms with van der Waals surface area (Å²) in [5, 5.41) is 13.9. The van der Waals surface area contributed by atoms with Crippen molar-refractivity contribution < 1.29 is 27.9 Å². The molecule has 1 fully saturated rings. The third-order valence-electron chi connectivity index (χ3n) is 6.61. The third-order valence-corrected chi connectivity index (χ3v) is 8.16. The normalized spacial score (nSPS) is 18.0. The number of aryl methyl sites for hydroxylation is 1. The Hall–Kier alpha value is -3.47. The SMILES string of the molecule is CCOC(=O)N1CC[C@H](NS(=O)(=O)c2ccc(NC(=O)c3ccccc3C)c3ccccc23)C(CO)C1. The quantitative estimate of drug-likeness (QED) is 0.434. The molecular formula is C27H31N3O6S. The Kier molecular flexibility index (Phi) is 8.11. The van der Waals surface area contributed by atoms with Gasteiger partial charge in [-0.3, -0.25) is 4.79 Å². The largest absolute Gasteiger partial charge is 0.450 e. The minimum atomic E-state index is -3.99. The van der Waals surface area contributed by atoms with Crippen LogP contribution in [0.15, 0.2) is 65.6 Å². The van der Waals surface area contributed by atoms with Gasteiger partial charge in [0.25, 0.3) is 5.91 Å². The Morgan fingerprint density at radius 1 is 1.05 bits per heavy atom. The highest BCUT2D eigenvalue weighted by molar-refractivity contribution is 7.89. The summed E-state index contributed by atoms with van der Waals surface area (Å²) >= 11 is 0. The van der Waals surface area contributed by atoms with Crippen LogP contribution < -0.4 is 10.0 Å². The molecule has 4 rings (SSSR count). The van der Waals surface area contributed by atoms with E-state index in [0.717, 1.165) is 5.56 Å². The highest BCUT2D eigenvalue weighted by atomic mass is 32.2. The number of ether oxygens (including phenoxy) is 1. The number of nitrogens with one attached hydrogen (secondary N) is 2. The smallest absolute Gasteiger partial charge is 0.409 e. The summed E-state index contributed by atoms with van der Waals surface area (Å²) in [5.74, 6) is -0.761. The molecular weight excluding hydrogens is 494 g/mol. The zero-order valence-electron chi connectivity index (χ0n) is 20.8. The van der Waals surface area contributed by atoms with Gasteiger partial charge in [0.15, 0.2) is 0 Å². The number of amides is 2.